The van der Waals surface area contributed by atoms with Gasteiger partial charge in [0, 0.05) is 0 Å². The van der Waals surface area contributed by atoms with Crippen molar-refractivity contribution in [2.24, 2.45) is 17.8 Å². The third kappa shape index (κ3) is 1.23. The average Bonchev–Trinajstić information content (AvgIpc) is 2.85. The monoisotopic (exact) mass is 216 g/mol. The van der Waals surface area contributed by atoms with Crippen LogP contribution < -0.4 is 0 Å². The van der Waals surface area contributed by atoms with Crippen molar-refractivity contribution in [2.75, 3.05) is 0 Å². The van der Waals surface area contributed by atoms with Crippen LogP contribution in [-0.4, -0.2) is 6.04 Å². The molecule has 4 atom stereocenters. The summed E-state index contributed by atoms with van der Waals surface area (Å²) in [5, 5.41) is 5.14. The van der Waals surface area contributed by atoms with Gasteiger partial charge in [0.1, 0.15) is 0 Å². The van der Waals surface area contributed by atoms with Crippen molar-refractivity contribution in [1.29, 1.82) is 0 Å². The van der Waals surface area contributed by atoms with Gasteiger partial charge in [-0.05, 0) is 43.4 Å². The minimum Gasteiger partial charge on any atom is -0.684 e. The minimum atomic E-state index is 0.724. The van der Waals surface area contributed by atoms with Crippen LogP contribution in [0.1, 0.15) is 57.8 Å². The quantitative estimate of drug-likeness (QED) is 0.570. The normalized spacial score (nSPS) is 46.0. The van der Waals surface area contributed by atoms with Crippen molar-refractivity contribution in [3.63, 3.8) is 0 Å². The molecule has 0 aromatic rings. The summed E-state index contributed by atoms with van der Waals surface area (Å²) in [7, 11) is 0. The van der Waals surface area contributed by atoms with E-state index in [1.807, 2.05) is 5.57 Å². The first kappa shape index (κ1) is 9.56. The molecule has 16 heavy (non-hydrogen) atoms. The fourth-order valence-electron chi connectivity index (χ4n) is 4.81. The van der Waals surface area contributed by atoms with E-state index >= 15 is 0 Å². The van der Waals surface area contributed by atoms with Crippen LogP contribution in [0, 0.1) is 17.8 Å². The van der Waals surface area contributed by atoms with Gasteiger partial charge in [-0.15, -0.1) is 6.04 Å². The molecule has 0 aromatic carbocycles. The first-order chi connectivity index (χ1) is 7.93. The molecule has 2 saturated carbocycles. The van der Waals surface area contributed by atoms with Crippen molar-refractivity contribution in [1.82, 2.24) is 0 Å². The lowest BCUT2D eigenvalue weighted by atomic mass is 9.77. The van der Waals surface area contributed by atoms with Gasteiger partial charge in [0.25, 0.3) is 0 Å². The molecule has 0 saturated heterocycles. The number of rotatable bonds is 0. The number of nitrogens with zero attached hydrogens (tertiary/aromatic N) is 1. The maximum atomic E-state index is 5.14. The third-order valence-electron chi connectivity index (χ3n) is 5.55. The Labute approximate surface area is 98.7 Å². The number of allylic oxidation sites excluding steroid dienone is 1. The Morgan fingerprint density at radius 3 is 2.50 bits per heavy atom. The Hall–Kier alpha value is -0.460. The Morgan fingerprint density at radius 2 is 1.56 bits per heavy atom. The zero-order valence-corrected chi connectivity index (χ0v) is 10.1. The molecule has 3 aliphatic carbocycles. The van der Waals surface area contributed by atoms with Gasteiger partial charge >= 0.3 is 0 Å². The minimum absolute atomic E-state index is 0.724. The molecule has 0 amide bonds. The van der Waals surface area contributed by atoms with E-state index in [9.17, 15) is 0 Å². The van der Waals surface area contributed by atoms with Gasteiger partial charge in [0.2, 0.25) is 0 Å². The zero-order valence-electron chi connectivity index (χ0n) is 10.1. The summed E-state index contributed by atoms with van der Waals surface area (Å²) in [4.78, 5) is 0. The number of fused-ring (bicyclic) bond motifs is 4. The van der Waals surface area contributed by atoms with Crippen LogP contribution in [-0.2, 0) is 0 Å². The van der Waals surface area contributed by atoms with Crippen molar-refractivity contribution in [3.05, 3.63) is 16.6 Å². The molecule has 0 spiro atoms. The summed E-state index contributed by atoms with van der Waals surface area (Å²) in [6.45, 7) is 0. The van der Waals surface area contributed by atoms with E-state index in [0.29, 0.717) is 0 Å². The molecule has 2 fully saturated rings. The van der Waals surface area contributed by atoms with Crippen LogP contribution in [0.25, 0.3) is 5.32 Å². The molecular weight excluding hydrogens is 194 g/mol. The van der Waals surface area contributed by atoms with Gasteiger partial charge in [-0.25, -0.2) is 0 Å². The summed E-state index contributed by atoms with van der Waals surface area (Å²) in [6, 6.07) is 0.724. The maximum absolute atomic E-state index is 5.14. The summed E-state index contributed by atoms with van der Waals surface area (Å²) < 4.78 is 0. The van der Waals surface area contributed by atoms with Crippen LogP contribution in [0.3, 0.4) is 0 Å². The standard InChI is InChI=1S/C15H22N/c1-2-6-11-10(5-1)9-13-12-7-3-4-8-14(12)16-15(11)13/h10-12,14H,1-9H2/q-1. The molecular formula is C15H22N-. The molecule has 1 heterocycles. The van der Waals surface area contributed by atoms with Crippen LogP contribution in [0.4, 0.5) is 0 Å². The van der Waals surface area contributed by atoms with Gasteiger partial charge in [-0.2, -0.15) is 5.70 Å². The maximum Gasteiger partial charge on any atom is -0.0296 e. The highest BCUT2D eigenvalue weighted by atomic mass is 15.0. The van der Waals surface area contributed by atoms with E-state index in [1.165, 1.54) is 57.8 Å². The number of hydrogen-bond donors (Lipinski definition) is 0. The molecule has 1 nitrogen and oxygen atoms in total. The Kier molecular flexibility index (Phi) is 2.10. The first-order valence-electron chi connectivity index (χ1n) is 7.37. The average molecular weight is 216 g/mol. The van der Waals surface area contributed by atoms with E-state index in [2.05, 4.69) is 0 Å². The van der Waals surface area contributed by atoms with E-state index in [4.69, 9.17) is 5.32 Å². The van der Waals surface area contributed by atoms with E-state index < -0.39 is 0 Å². The van der Waals surface area contributed by atoms with Gasteiger partial charge in [0.15, 0.2) is 0 Å². The predicted octanol–water partition coefficient (Wildman–Crippen LogP) is 4.40. The molecule has 1 heteroatoms. The molecule has 88 valence electrons. The lowest BCUT2D eigenvalue weighted by Gasteiger charge is -2.41. The largest absolute Gasteiger partial charge is 0.684 e. The van der Waals surface area contributed by atoms with Gasteiger partial charge in [-0.3, -0.25) is 0 Å². The topological polar surface area (TPSA) is 14.1 Å². The van der Waals surface area contributed by atoms with Gasteiger partial charge < -0.3 is 5.32 Å². The summed E-state index contributed by atoms with van der Waals surface area (Å²) in [5.74, 6) is 2.80. The number of hydrogen-bond acceptors (Lipinski definition) is 0. The highest BCUT2D eigenvalue weighted by Crippen LogP contribution is 2.57. The van der Waals surface area contributed by atoms with E-state index in [1.54, 1.807) is 5.70 Å². The van der Waals surface area contributed by atoms with Crippen LogP contribution in [0.2, 0.25) is 0 Å². The summed E-state index contributed by atoms with van der Waals surface area (Å²) >= 11 is 0. The molecule has 0 radical (unpaired) electrons. The summed E-state index contributed by atoms with van der Waals surface area (Å²) in [6.07, 6.45) is 13.0. The van der Waals surface area contributed by atoms with Gasteiger partial charge in [0.05, 0.1) is 0 Å². The highest BCUT2D eigenvalue weighted by molar-refractivity contribution is 5.44. The van der Waals surface area contributed by atoms with E-state index in [-0.39, 0.29) is 0 Å². The molecule has 1 aliphatic heterocycles. The molecule has 0 N–H and O–H groups in total. The van der Waals surface area contributed by atoms with Crippen molar-refractivity contribution in [2.45, 2.75) is 63.8 Å². The molecule has 0 aromatic heterocycles. The van der Waals surface area contributed by atoms with Crippen LogP contribution in [0.5, 0.6) is 0 Å². The second-order valence-electron chi connectivity index (χ2n) is 6.35. The SMILES string of the molecule is C1CCC2C3=C(CC2C1)C1CCCCC1[N-]3. The Morgan fingerprint density at radius 1 is 0.812 bits per heavy atom. The highest BCUT2D eigenvalue weighted by Gasteiger charge is 2.39. The van der Waals surface area contributed by atoms with Gasteiger partial charge in [-0.1, -0.05) is 37.7 Å². The molecule has 4 rings (SSSR count). The lowest BCUT2D eigenvalue weighted by molar-refractivity contribution is 0.279. The zero-order chi connectivity index (χ0) is 10.5. The lowest BCUT2D eigenvalue weighted by Crippen LogP contribution is -2.24. The summed E-state index contributed by atoms with van der Waals surface area (Å²) in [5.41, 5.74) is 3.46. The fourth-order valence-corrected chi connectivity index (χ4v) is 4.81. The van der Waals surface area contributed by atoms with Crippen LogP contribution in [0.15, 0.2) is 11.3 Å². The Bertz CT molecular complexity index is 298. The Balaban J connectivity index is 1.62. The van der Waals surface area contributed by atoms with Crippen LogP contribution >= 0.6 is 0 Å². The fraction of sp³-hybridized carbons (Fsp3) is 0.867. The van der Waals surface area contributed by atoms with Crippen molar-refractivity contribution >= 4 is 0 Å². The molecule has 4 aliphatic rings. The second-order valence-corrected chi connectivity index (χ2v) is 6.35. The van der Waals surface area contributed by atoms with Crippen molar-refractivity contribution < 1.29 is 0 Å². The molecule has 4 unspecified atom stereocenters. The van der Waals surface area contributed by atoms with Crippen molar-refractivity contribution in [3.8, 4) is 0 Å². The predicted molar refractivity (Wildman–Crippen MR) is 66.2 cm³/mol. The van der Waals surface area contributed by atoms with E-state index in [0.717, 1.165) is 23.8 Å². The second kappa shape index (κ2) is 3.51. The molecule has 0 bridgehead atoms. The first-order valence-corrected chi connectivity index (χ1v) is 7.37. The smallest absolute Gasteiger partial charge is 0.0296 e. The third-order valence-corrected chi connectivity index (χ3v) is 5.55.